The second kappa shape index (κ2) is 8.65. The number of cyclic esters (lactones) is 1. The van der Waals surface area contributed by atoms with Gasteiger partial charge in [-0.25, -0.2) is 4.79 Å². The van der Waals surface area contributed by atoms with E-state index in [2.05, 4.69) is 20.8 Å². The number of esters is 1. The molecule has 0 radical (unpaired) electrons. The first kappa shape index (κ1) is 25.1. The molecule has 0 bridgehead atoms. The van der Waals surface area contributed by atoms with E-state index in [1.165, 1.54) is 0 Å². The van der Waals surface area contributed by atoms with Gasteiger partial charge in [0.15, 0.2) is 6.29 Å². The molecule has 2 aliphatic heterocycles. The Morgan fingerprint density at radius 2 is 1.83 bits per heavy atom. The molecular formula is C30H44O6. The lowest BCUT2D eigenvalue weighted by Gasteiger charge is -2.65. The molecule has 12 atom stereocenters. The van der Waals surface area contributed by atoms with Gasteiger partial charge in [-0.05, 0) is 105 Å². The quantitative estimate of drug-likeness (QED) is 0.437. The highest BCUT2D eigenvalue weighted by molar-refractivity contribution is 5.85. The van der Waals surface area contributed by atoms with Crippen LogP contribution in [-0.4, -0.2) is 53.0 Å². The van der Waals surface area contributed by atoms with Crippen molar-refractivity contribution in [3.05, 3.63) is 23.8 Å². The molecule has 0 aromatic heterocycles. The fourth-order valence-electron chi connectivity index (χ4n) is 9.83. The predicted molar refractivity (Wildman–Crippen MR) is 135 cm³/mol. The molecule has 4 fully saturated rings. The van der Waals surface area contributed by atoms with Crippen LogP contribution in [0.2, 0.25) is 0 Å². The number of hydrogen-bond donors (Lipinski definition) is 2. The lowest BCUT2D eigenvalue weighted by molar-refractivity contribution is -0.238. The van der Waals surface area contributed by atoms with Gasteiger partial charge in [-0.2, -0.15) is 0 Å². The first-order chi connectivity index (χ1) is 17.1. The number of hydrogen-bond acceptors (Lipinski definition) is 6. The van der Waals surface area contributed by atoms with Gasteiger partial charge in [0, 0.05) is 11.5 Å². The summed E-state index contributed by atoms with van der Waals surface area (Å²) in [5.41, 5.74) is 0.404. The van der Waals surface area contributed by atoms with Crippen molar-refractivity contribution in [2.24, 2.45) is 40.4 Å². The van der Waals surface area contributed by atoms with Gasteiger partial charge in [0.25, 0.3) is 0 Å². The van der Waals surface area contributed by atoms with Crippen molar-refractivity contribution in [1.82, 2.24) is 0 Å². The van der Waals surface area contributed by atoms with Crippen molar-refractivity contribution < 1.29 is 29.2 Å². The van der Waals surface area contributed by atoms with Crippen molar-refractivity contribution in [3.8, 4) is 0 Å². The molecule has 0 unspecified atom stereocenters. The maximum Gasteiger partial charge on any atom is 0.331 e. The minimum Gasteiger partial charge on any atom is -0.458 e. The first-order valence-corrected chi connectivity index (χ1v) is 14.3. The Balaban J connectivity index is 1.20. The van der Waals surface area contributed by atoms with Gasteiger partial charge in [0.1, 0.15) is 6.61 Å². The minimum absolute atomic E-state index is 0.175. The molecule has 2 heterocycles. The van der Waals surface area contributed by atoms with E-state index in [1.54, 1.807) is 12.2 Å². The third kappa shape index (κ3) is 3.54. The Hall–Kier alpha value is -1.21. The fourth-order valence-corrected chi connectivity index (χ4v) is 9.83. The van der Waals surface area contributed by atoms with Crippen LogP contribution in [0.25, 0.3) is 0 Å². The SMILES string of the molecule is C[C@@H]1O[C@@H](O[C@H]2CC[C@@]3(C)[C@H](CC[C@@H]4[C@@H]3C[C@@H](C)[C@]3(C)[C@@H](C5=CC(=O)OC5)CC[C@]43O)C2)C=C[C@H]1O. The van der Waals surface area contributed by atoms with Crippen molar-refractivity contribution >= 4 is 5.97 Å². The van der Waals surface area contributed by atoms with Crippen LogP contribution in [-0.2, 0) is 19.0 Å². The zero-order chi connectivity index (χ0) is 25.5. The van der Waals surface area contributed by atoms with Crippen LogP contribution in [0.3, 0.4) is 0 Å². The van der Waals surface area contributed by atoms with Crippen LogP contribution >= 0.6 is 0 Å². The molecule has 6 rings (SSSR count). The molecule has 0 amide bonds. The third-order valence-electron chi connectivity index (χ3n) is 12.1. The highest BCUT2D eigenvalue weighted by Crippen LogP contribution is 2.71. The van der Waals surface area contributed by atoms with Crippen LogP contribution in [0.15, 0.2) is 23.8 Å². The summed E-state index contributed by atoms with van der Waals surface area (Å²) in [6, 6.07) is 0. The highest BCUT2D eigenvalue weighted by atomic mass is 16.7. The van der Waals surface area contributed by atoms with E-state index in [0.29, 0.717) is 30.3 Å². The van der Waals surface area contributed by atoms with Crippen LogP contribution in [0.1, 0.15) is 79.1 Å². The Bertz CT molecular complexity index is 959. The molecule has 4 aliphatic carbocycles. The van der Waals surface area contributed by atoms with Gasteiger partial charge in [0.05, 0.1) is 23.9 Å². The zero-order valence-corrected chi connectivity index (χ0v) is 22.3. The molecular weight excluding hydrogens is 456 g/mol. The average Bonchev–Trinajstić information content (AvgIpc) is 3.38. The number of fused-ring (bicyclic) bond motifs is 5. The predicted octanol–water partition coefficient (Wildman–Crippen LogP) is 4.54. The van der Waals surface area contributed by atoms with Crippen molar-refractivity contribution in [3.63, 3.8) is 0 Å². The molecule has 6 aliphatic rings. The lowest BCUT2D eigenvalue weighted by atomic mass is 9.41. The second-order valence-corrected chi connectivity index (χ2v) is 13.4. The first-order valence-electron chi connectivity index (χ1n) is 14.3. The molecule has 0 spiro atoms. The van der Waals surface area contributed by atoms with Crippen LogP contribution in [0.5, 0.6) is 0 Å². The fraction of sp³-hybridized carbons (Fsp3) is 0.833. The topological polar surface area (TPSA) is 85.2 Å². The molecule has 2 N–H and O–H groups in total. The van der Waals surface area contributed by atoms with Crippen LogP contribution in [0, 0.1) is 40.4 Å². The normalized spacial score (nSPS) is 54.3. The van der Waals surface area contributed by atoms with Crippen LogP contribution < -0.4 is 0 Å². The summed E-state index contributed by atoms with van der Waals surface area (Å²) in [7, 11) is 0. The number of aliphatic hydroxyl groups excluding tert-OH is 1. The second-order valence-electron chi connectivity index (χ2n) is 13.4. The molecule has 200 valence electrons. The van der Waals surface area contributed by atoms with E-state index < -0.39 is 11.7 Å². The molecule has 0 saturated heterocycles. The van der Waals surface area contributed by atoms with E-state index in [-0.39, 0.29) is 41.2 Å². The number of rotatable bonds is 3. The third-order valence-corrected chi connectivity index (χ3v) is 12.1. The molecule has 4 saturated carbocycles. The molecule has 6 heteroatoms. The van der Waals surface area contributed by atoms with Crippen molar-refractivity contribution in [1.29, 1.82) is 0 Å². The molecule has 36 heavy (non-hydrogen) atoms. The van der Waals surface area contributed by atoms with E-state index in [1.807, 2.05) is 13.0 Å². The lowest BCUT2D eigenvalue weighted by Crippen LogP contribution is -2.65. The Labute approximate surface area is 215 Å². The summed E-state index contributed by atoms with van der Waals surface area (Å²) < 4.78 is 17.5. The summed E-state index contributed by atoms with van der Waals surface area (Å²) in [5, 5.41) is 22.4. The van der Waals surface area contributed by atoms with E-state index >= 15 is 0 Å². The van der Waals surface area contributed by atoms with E-state index in [9.17, 15) is 15.0 Å². The summed E-state index contributed by atoms with van der Waals surface area (Å²) >= 11 is 0. The standard InChI is InChI=1S/C30H44O6/c1-17-13-24-23(30(33)12-10-22(29(17,30)4)19-14-26(32)34-16-19)6-5-20-15-21(9-11-28(20,24)3)36-27-8-7-25(31)18(2)35-27/h7-8,14,17-18,20-25,27,31,33H,5-6,9-13,15-16H2,1-4H3/t17-,18+,20-,21+,22-,23-,24+,25-,27+,28+,29-,30+/m1/s1. The Morgan fingerprint density at radius 3 is 2.56 bits per heavy atom. The van der Waals surface area contributed by atoms with E-state index in [4.69, 9.17) is 14.2 Å². The maximum atomic E-state index is 12.5. The zero-order valence-electron chi connectivity index (χ0n) is 22.3. The highest BCUT2D eigenvalue weighted by Gasteiger charge is 2.69. The van der Waals surface area contributed by atoms with Gasteiger partial charge >= 0.3 is 5.97 Å². The number of carbonyl (C=O) groups is 1. The largest absolute Gasteiger partial charge is 0.458 e. The maximum absolute atomic E-state index is 12.5. The van der Waals surface area contributed by atoms with Gasteiger partial charge in [-0.3, -0.25) is 0 Å². The summed E-state index contributed by atoms with van der Waals surface area (Å²) in [6.07, 6.45) is 12.6. The molecule has 0 aromatic rings. The molecule has 6 nitrogen and oxygen atoms in total. The molecule has 0 aromatic carbocycles. The van der Waals surface area contributed by atoms with Gasteiger partial charge in [-0.15, -0.1) is 0 Å². The Kier molecular flexibility index (Phi) is 6.03. The van der Waals surface area contributed by atoms with Gasteiger partial charge in [0.2, 0.25) is 0 Å². The number of ether oxygens (including phenoxy) is 3. The Morgan fingerprint density at radius 1 is 1.03 bits per heavy atom. The van der Waals surface area contributed by atoms with Gasteiger partial charge in [-0.1, -0.05) is 26.8 Å². The average molecular weight is 501 g/mol. The monoisotopic (exact) mass is 500 g/mol. The smallest absolute Gasteiger partial charge is 0.331 e. The summed E-state index contributed by atoms with van der Waals surface area (Å²) in [4.78, 5) is 11.9. The van der Waals surface area contributed by atoms with Crippen LogP contribution in [0.4, 0.5) is 0 Å². The summed E-state index contributed by atoms with van der Waals surface area (Å²) in [6.45, 7) is 9.44. The van der Waals surface area contributed by atoms with E-state index in [0.717, 1.165) is 56.9 Å². The summed E-state index contributed by atoms with van der Waals surface area (Å²) in [5.74, 6) is 1.80. The minimum atomic E-state index is -0.689. The number of carbonyl (C=O) groups excluding carboxylic acids is 1. The van der Waals surface area contributed by atoms with Gasteiger partial charge < -0.3 is 24.4 Å². The van der Waals surface area contributed by atoms with Crippen molar-refractivity contribution in [2.45, 2.75) is 109 Å². The van der Waals surface area contributed by atoms with Crippen molar-refractivity contribution in [2.75, 3.05) is 6.61 Å². The number of aliphatic hydroxyl groups is 2.